The third kappa shape index (κ3) is 8.89. The van der Waals surface area contributed by atoms with Crippen LogP contribution in [0.15, 0.2) is 90.5 Å². The maximum atomic E-state index is 12.5. The van der Waals surface area contributed by atoms with E-state index in [4.69, 9.17) is 4.74 Å². The molecule has 0 radical (unpaired) electrons. The molecule has 11 N–H and O–H groups in total. The number of fused-ring (bicyclic) bond motifs is 1. The number of ether oxygens (including phenoxy) is 1. The molecule has 0 bridgehead atoms. The number of aromatic carboxylic acids is 1. The van der Waals surface area contributed by atoms with Crippen molar-refractivity contribution in [2.45, 2.75) is 38.5 Å². The number of hydrogen-bond acceptors (Lipinski definition) is 18. The van der Waals surface area contributed by atoms with Gasteiger partial charge in [0, 0.05) is 18.2 Å². The lowest BCUT2D eigenvalue weighted by atomic mass is 10.1. The number of methoxy groups -OCH3 is 1. The van der Waals surface area contributed by atoms with Crippen molar-refractivity contribution in [3.63, 3.8) is 0 Å². The van der Waals surface area contributed by atoms with Gasteiger partial charge in [0.25, 0.3) is 40.5 Å². The number of hydrogen-bond donors (Lipinski definition) is 11. The maximum Gasteiger partial charge on any atom is 0.337 e. The molecule has 1 heterocycles. The Morgan fingerprint density at radius 1 is 0.704 bits per heavy atom. The number of carboxylic acids is 1. The molecular weight excluding hydrogens is 807 g/mol. The van der Waals surface area contributed by atoms with Gasteiger partial charge < -0.3 is 25.6 Å². The number of phenolic OH excluding ortho intramolecular Hbond substituents is 1. The molecule has 0 aliphatic carbocycles. The normalized spacial score (nSPS) is 18.5. The van der Waals surface area contributed by atoms with Gasteiger partial charge in [0.05, 0.1) is 21.0 Å². The zero-order chi connectivity index (χ0) is 40.0. The van der Waals surface area contributed by atoms with E-state index in [1.807, 2.05) is 0 Å². The van der Waals surface area contributed by atoms with Gasteiger partial charge in [-0.25, -0.2) is 15.4 Å². The molecule has 3 unspecified atom stereocenters. The Morgan fingerprint density at radius 3 is 1.83 bits per heavy atom. The Labute approximate surface area is 305 Å². The number of nitrogens with one attached hydrogen (secondary N) is 5. The van der Waals surface area contributed by atoms with E-state index >= 15 is 0 Å². The van der Waals surface area contributed by atoms with Crippen LogP contribution in [0.4, 0.5) is 22.7 Å². The van der Waals surface area contributed by atoms with E-state index in [9.17, 15) is 66.9 Å². The summed E-state index contributed by atoms with van der Waals surface area (Å²) < 4.78 is 141. The Balaban J connectivity index is 1.64. The van der Waals surface area contributed by atoms with Crippen molar-refractivity contribution in [2.24, 2.45) is 10.2 Å². The summed E-state index contributed by atoms with van der Waals surface area (Å²) in [5, 5.41) is 41.4. The number of azo groups is 1. The fourth-order valence-electron chi connectivity index (χ4n) is 5.09. The number of phenols is 1. The third-order valence-electron chi connectivity index (χ3n) is 7.42. The van der Waals surface area contributed by atoms with Crippen molar-refractivity contribution >= 4 is 80.0 Å². The number of benzene rings is 4. The predicted octanol–water partition coefficient (Wildman–Crippen LogP) is 1.45. The van der Waals surface area contributed by atoms with Crippen LogP contribution in [0.25, 0.3) is 10.8 Å². The summed E-state index contributed by atoms with van der Waals surface area (Å²) in [4.78, 5) is 8.45. The van der Waals surface area contributed by atoms with Crippen molar-refractivity contribution in [3.8, 4) is 5.75 Å². The standard InChI is InChI=1S/C27H27N7O16S4/c1-50-27-31-25(28-17-10-13(51(38,39)40)6-7-15(17)24(36)37)30-26(32-27)29-18-11-14(52(41,42)43)8-12-9-20(54(47,48)49)22(23(35)21(12)18)34-33-16-4-2-3-5-19(16)53(44,45)46/h2-11,25-32,35H,1H3,(H,36,37)(H,38,39,40)(H,41,42,43)(H,44,45,46)(H,47,48,49). The van der Waals surface area contributed by atoms with Crippen molar-refractivity contribution in [2.75, 3.05) is 17.7 Å². The SMILES string of the molecule is COC1NC(Nc2cc(S(=O)(=O)O)ccc2C(=O)O)NC(Nc2cc(S(=O)(=O)O)cc3cc(S(=O)(=O)O)c(N=Nc4ccccc4S(=O)(=O)O)c(O)c23)N1. The Morgan fingerprint density at radius 2 is 1.28 bits per heavy atom. The summed E-state index contributed by atoms with van der Waals surface area (Å²) in [6.45, 7) is 0. The molecular formula is C27H27N7O16S4. The molecule has 1 fully saturated rings. The molecule has 5 rings (SSSR count). The van der Waals surface area contributed by atoms with Crippen molar-refractivity contribution in [3.05, 3.63) is 66.2 Å². The van der Waals surface area contributed by atoms with E-state index in [-0.39, 0.29) is 5.69 Å². The topological polar surface area (TPSA) is 369 Å². The van der Waals surface area contributed by atoms with Gasteiger partial charge in [0.1, 0.15) is 33.7 Å². The monoisotopic (exact) mass is 833 g/mol. The third-order valence-corrected chi connectivity index (χ3v) is 10.9. The average molecular weight is 834 g/mol. The van der Waals surface area contributed by atoms with Crippen molar-refractivity contribution < 1.29 is 71.6 Å². The molecule has 4 aromatic rings. The zero-order valence-corrected chi connectivity index (χ0v) is 30.1. The number of rotatable bonds is 12. The van der Waals surface area contributed by atoms with Crippen molar-refractivity contribution in [1.82, 2.24) is 16.0 Å². The Bertz CT molecular complexity index is 2660. The summed E-state index contributed by atoms with van der Waals surface area (Å²) in [5.74, 6) is -2.58. The Kier molecular flexibility index (Phi) is 11.0. The number of anilines is 2. The minimum Gasteiger partial charge on any atom is -0.505 e. The summed E-state index contributed by atoms with van der Waals surface area (Å²) in [7, 11) is -18.8. The lowest BCUT2D eigenvalue weighted by molar-refractivity contribution is -0.00000498. The summed E-state index contributed by atoms with van der Waals surface area (Å²) in [6.07, 6.45) is -3.69. The molecule has 1 aliphatic rings. The second kappa shape index (κ2) is 14.7. The molecule has 0 amide bonds. The van der Waals surface area contributed by atoms with E-state index in [0.717, 1.165) is 42.5 Å². The van der Waals surface area contributed by atoms with Crippen LogP contribution in [-0.2, 0) is 45.2 Å². The summed E-state index contributed by atoms with van der Waals surface area (Å²) in [6, 6.07) is 9.29. The van der Waals surface area contributed by atoms with Gasteiger partial charge in [0.2, 0.25) is 0 Å². The average Bonchev–Trinajstić information content (AvgIpc) is 3.05. The number of aromatic hydroxyl groups is 1. The van der Waals surface area contributed by atoms with Gasteiger partial charge in [-0.05, 0) is 53.9 Å². The smallest absolute Gasteiger partial charge is 0.337 e. The largest absolute Gasteiger partial charge is 0.505 e. The highest BCUT2D eigenvalue weighted by molar-refractivity contribution is 7.86. The van der Waals surface area contributed by atoms with E-state index in [1.165, 1.54) is 19.2 Å². The minimum absolute atomic E-state index is 0.321. The summed E-state index contributed by atoms with van der Waals surface area (Å²) >= 11 is 0. The number of carboxylic acid groups (broad SMARTS) is 1. The molecule has 0 aromatic heterocycles. The van der Waals surface area contributed by atoms with Crippen LogP contribution in [0, 0.1) is 0 Å². The molecule has 3 atom stereocenters. The van der Waals surface area contributed by atoms with Gasteiger partial charge in [-0.15, -0.1) is 10.2 Å². The minimum atomic E-state index is -5.32. The van der Waals surface area contributed by atoms with Crippen LogP contribution in [0.1, 0.15) is 10.4 Å². The summed E-state index contributed by atoms with van der Waals surface area (Å²) in [5.41, 5.74) is -2.66. The second-order valence-corrected chi connectivity index (χ2v) is 16.6. The highest BCUT2D eigenvalue weighted by Gasteiger charge is 2.31. The van der Waals surface area contributed by atoms with Crippen molar-refractivity contribution in [1.29, 1.82) is 0 Å². The van der Waals surface area contributed by atoms with Crippen LogP contribution in [0.2, 0.25) is 0 Å². The number of carbonyl (C=O) groups is 1. The second-order valence-electron chi connectivity index (χ2n) is 11.0. The fraction of sp³-hybridized carbons (Fsp3) is 0.148. The molecule has 54 heavy (non-hydrogen) atoms. The fourth-order valence-corrected chi connectivity index (χ4v) is 7.43. The van der Waals surface area contributed by atoms with Crippen LogP contribution < -0.4 is 26.6 Å². The van der Waals surface area contributed by atoms with E-state index in [2.05, 4.69) is 36.8 Å². The van der Waals surface area contributed by atoms with E-state index in [1.54, 1.807) is 0 Å². The molecule has 0 spiro atoms. The molecule has 23 nitrogen and oxygen atoms in total. The first-order chi connectivity index (χ1) is 25.0. The molecule has 27 heteroatoms. The van der Waals surface area contributed by atoms with Crippen LogP contribution >= 0.6 is 0 Å². The number of nitrogens with zero attached hydrogens (tertiary/aromatic N) is 2. The van der Waals surface area contributed by atoms with Crippen LogP contribution in [0.3, 0.4) is 0 Å². The lowest BCUT2D eigenvalue weighted by Gasteiger charge is -2.39. The highest BCUT2D eigenvalue weighted by atomic mass is 32.2. The van der Waals surface area contributed by atoms with Gasteiger partial charge in [0.15, 0.2) is 12.1 Å². The first-order valence-corrected chi connectivity index (χ1v) is 20.2. The molecule has 290 valence electrons. The van der Waals surface area contributed by atoms with Gasteiger partial charge in [-0.3, -0.25) is 23.5 Å². The zero-order valence-electron chi connectivity index (χ0n) is 26.8. The molecule has 1 saturated heterocycles. The van der Waals surface area contributed by atoms with Gasteiger partial charge in [-0.1, -0.05) is 12.1 Å². The first kappa shape index (κ1) is 40.3. The first-order valence-electron chi connectivity index (χ1n) is 14.4. The van der Waals surface area contributed by atoms with Crippen LogP contribution in [0.5, 0.6) is 5.75 Å². The van der Waals surface area contributed by atoms with Gasteiger partial charge in [-0.2, -0.15) is 33.7 Å². The van der Waals surface area contributed by atoms with E-state index < -0.39 is 124 Å². The Hall–Kier alpha value is -4.91. The maximum absolute atomic E-state index is 12.5. The molecule has 0 saturated carbocycles. The van der Waals surface area contributed by atoms with Crippen LogP contribution in [-0.4, -0.2) is 94.1 Å². The highest BCUT2D eigenvalue weighted by Crippen LogP contribution is 2.45. The lowest BCUT2D eigenvalue weighted by Crippen LogP contribution is -2.71. The predicted molar refractivity (Wildman–Crippen MR) is 184 cm³/mol. The molecule has 4 aromatic carbocycles. The van der Waals surface area contributed by atoms with E-state index in [0.29, 0.717) is 6.07 Å². The van der Waals surface area contributed by atoms with Gasteiger partial charge >= 0.3 is 5.97 Å². The quantitative estimate of drug-likeness (QED) is 0.0710. The molecule has 1 aliphatic heterocycles.